The standard InChI is InChI=1S/C15H18ClN3O2/c1-3-6-19-10-17-8-12(19)9-18-14-5-4-11(16)7-13(14)15(20)21-2/h4-5,7-8,10,18H,3,6,9H2,1-2H3. The van der Waals surface area contributed by atoms with Crippen LogP contribution in [0.1, 0.15) is 29.4 Å². The van der Waals surface area contributed by atoms with Crippen LogP contribution in [0, 0.1) is 0 Å². The van der Waals surface area contributed by atoms with Gasteiger partial charge in [0.15, 0.2) is 0 Å². The largest absolute Gasteiger partial charge is 0.465 e. The van der Waals surface area contributed by atoms with Crippen molar-refractivity contribution in [1.29, 1.82) is 0 Å². The second kappa shape index (κ2) is 7.13. The highest BCUT2D eigenvalue weighted by Crippen LogP contribution is 2.22. The summed E-state index contributed by atoms with van der Waals surface area (Å²) in [7, 11) is 1.35. The fourth-order valence-electron chi connectivity index (χ4n) is 2.07. The Morgan fingerprint density at radius 1 is 1.48 bits per heavy atom. The number of anilines is 1. The molecule has 0 amide bonds. The summed E-state index contributed by atoms with van der Waals surface area (Å²) in [4.78, 5) is 15.9. The number of hydrogen-bond donors (Lipinski definition) is 1. The van der Waals surface area contributed by atoms with Crippen LogP contribution in [0.25, 0.3) is 0 Å². The van der Waals surface area contributed by atoms with E-state index in [-0.39, 0.29) is 0 Å². The molecule has 0 fully saturated rings. The smallest absolute Gasteiger partial charge is 0.340 e. The molecule has 0 aliphatic carbocycles. The lowest BCUT2D eigenvalue weighted by atomic mass is 10.1. The molecular formula is C15H18ClN3O2. The molecule has 1 N–H and O–H groups in total. The molecule has 112 valence electrons. The topological polar surface area (TPSA) is 56.2 Å². The normalized spacial score (nSPS) is 10.4. The van der Waals surface area contributed by atoms with E-state index in [1.807, 2.05) is 12.5 Å². The van der Waals surface area contributed by atoms with Crippen molar-refractivity contribution in [2.45, 2.75) is 26.4 Å². The number of imidazole rings is 1. The van der Waals surface area contributed by atoms with Gasteiger partial charge in [0.2, 0.25) is 0 Å². The molecule has 0 aliphatic heterocycles. The lowest BCUT2D eigenvalue weighted by molar-refractivity contribution is 0.0602. The minimum atomic E-state index is -0.415. The molecule has 2 rings (SSSR count). The van der Waals surface area contributed by atoms with Crippen LogP contribution in [-0.2, 0) is 17.8 Å². The molecule has 0 saturated heterocycles. The van der Waals surface area contributed by atoms with Crippen LogP contribution in [0.5, 0.6) is 0 Å². The molecule has 0 unspecified atom stereocenters. The first-order valence-electron chi connectivity index (χ1n) is 6.76. The van der Waals surface area contributed by atoms with E-state index in [1.54, 1.807) is 18.2 Å². The lowest BCUT2D eigenvalue weighted by Crippen LogP contribution is -2.11. The summed E-state index contributed by atoms with van der Waals surface area (Å²) in [6, 6.07) is 5.11. The Hall–Kier alpha value is -2.01. The van der Waals surface area contributed by atoms with Gasteiger partial charge in [-0.1, -0.05) is 18.5 Å². The van der Waals surface area contributed by atoms with Crippen molar-refractivity contribution in [1.82, 2.24) is 9.55 Å². The molecular weight excluding hydrogens is 290 g/mol. The Morgan fingerprint density at radius 2 is 2.29 bits per heavy atom. The zero-order valence-corrected chi connectivity index (χ0v) is 12.9. The third-order valence-corrected chi connectivity index (χ3v) is 3.35. The highest BCUT2D eigenvalue weighted by atomic mass is 35.5. The Kier molecular flexibility index (Phi) is 5.22. The number of nitrogens with zero attached hydrogens (tertiary/aromatic N) is 2. The highest BCUT2D eigenvalue weighted by molar-refractivity contribution is 6.31. The predicted molar refractivity (Wildman–Crippen MR) is 82.6 cm³/mol. The fraction of sp³-hybridized carbons (Fsp3) is 0.333. The Labute approximate surface area is 128 Å². The van der Waals surface area contributed by atoms with E-state index >= 15 is 0 Å². The van der Waals surface area contributed by atoms with Gasteiger partial charge in [-0.25, -0.2) is 9.78 Å². The fourth-order valence-corrected chi connectivity index (χ4v) is 2.24. The highest BCUT2D eigenvalue weighted by Gasteiger charge is 2.13. The maximum absolute atomic E-state index is 11.8. The van der Waals surface area contributed by atoms with Crippen molar-refractivity contribution in [2.75, 3.05) is 12.4 Å². The van der Waals surface area contributed by atoms with Gasteiger partial charge in [0, 0.05) is 23.5 Å². The van der Waals surface area contributed by atoms with E-state index in [4.69, 9.17) is 16.3 Å². The number of esters is 1. The molecule has 0 saturated carbocycles. The summed E-state index contributed by atoms with van der Waals surface area (Å²) in [6.07, 6.45) is 4.66. The summed E-state index contributed by atoms with van der Waals surface area (Å²) < 4.78 is 6.86. The van der Waals surface area contributed by atoms with Gasteiger partial charge in [0.05, 0.1) is 31.2 Å². The number of benzene rings is 1. The third-order valence-electron chi connectivity index (χ3n) is 3.11. The van der Waals surface area contributed by atoms with Gasteiger partial charge in [0.25, 0.3) is 0 Å². The first-order chi connectivity index (χ1) is 10.2. The Balaban J connectivity index is 2.16. The van der Waals surface area contributed by atoms with E-state index in [9.17, 15) is 4.79 Å². The number of carbonyl (C=O) groups excluding carboxylic acids is 1. The second-order valence-corrected chi connectivity index (χ2v) is 5.05. The van der Waals surface area contributed by atoms with E-state index < -0.39 is 5.97 Å². The number of halogens is 1. The third kappa shape index (κ3) is 3.76. The van der Waals surface area contributed by atoms with E-state index in [0.29, 0.717) is 22.8 Å². The SMILES string of the molecule is CCCn1cncc1CNc1ccc(Cl)cc1C(=O)OC. The Bertz CT molecular complexity index is 625. The van der Waals surface area contributed by atoms with Crippen molar-refractivity contribution in [3.05, 3.63) is 47.0 Å². The van der Waals surface area contributed by atoms with Gasteiger partial charge in [-0.2, -0.15) is 0 Å². The van der Waals surface area contributed by atoms with Crippen LogP contribution in [0.2, 0.25) is 5.02 Å². The zero-order chi connectivity index (χ0) is 15.2. The maximum atomic E-state index is 11.8. The summed E-state index contributed by atoms with van der Waals surface area (Å²) in [5, 5.41) is 3.73. The van der Waals surface area contributed by atoms with Crippen molar-refractivity contribution in [3.8, 4) is 0 Å². The lowest BCUT2D eigenvalue weighted by Gasteiger charge is -2.12. The molecule has 21 heavy (non-hydrogen) atoms. The van der Waals surface area contributed by atoms with Crippen LogP contribution in [-0.4, -0.2) is 22.6 Å². The molecule has 1 heterocycles. The van der Waals surface area contributed by atoms with Crippen molar-refractivity contribution in [2.24, 2.45) is 0 Å². The van der Waals surface area contributed by atoms with E-state index in [2.05, 4.69) is 21.8 Å². The minimum Gasteiger partial charge on any atom is -0.465 e. The molecule has 0 bridgehead atoms. The summed E-state index contributed by atoms with van der Waals surface area (Å²) in [5.74, 6) is -0.415. The average molecular weight is 308 g/mol. The van der Waals surface area contributed by atoms with Crippen molar-refractivity contribution < 1.29 is 9.53 Å². The number of ether oxygens (including phenoxy) is 1. The summed E-state index contributed by atoms with van der Waals surface area (Å²) in [5.41, 5.74) is 2.17. The van der Waals surface area contributed by atoms with Crippen molar-refractivity contribution in [3.63, 3.8) is 0 Å². The molecule has 1 aromatic carbocycles. The van der Waals surface area contributed by atoms with Crippen LogP contribution < -0.4 is 5.32 Å². The van der Waals surface area contributed by atoms with Gasteiger partial charge in [-0.3, -0.25) is 0 Å². The first kappa shape index (κ1) is 15.4. The number of methoxy groups -OCH3 is 1. The van der Waals surface area contributed by atoms with Gasteiger partial charge >= 0.3 is 5.97 Å². The molecule has 0 aliphatic rings. The number of nitrogens with one attached hydrogen (secondary N) is 1. The van der Waals surface area contributed by atoms with Gasteiger partial charge in [-0.15, -0.1) is 0 Å². The number of aromatic nitrogens is 2. The van der Waals surface area contributed by atoms with Crippen LogP contribution in [0.3, 0.4) is 0 Å². The Morgan fingerprint density at radius 3 is 3.00 bits per heavy atom. The molecule has 1 aromatic heterocycles. The first-order valence-corrected chi connectivity index (χ1v) is 7.14. The van der Waals surface area contributed by atoms with Gasteiger partial charge < -0.3 is 14.6 Å². The molecule has 0 radical (unpaired) electrons. The maximum Gasteiger partial charge on any atom is 0.340 e. The monoisotopic (exact) mass is 307 g/mol. The second-order valence-electron chi connectivity index (χ2n) is 4.61. The number of aryl methyl sites for hydroxylation is 1. The molecule has 5 nitrogen and oxygen atoms in total. The summed E-state index contributed by atoms with van der Waals surface area (Å²) >= 11 is 5.93. The number of carbonyl (C=O) groups is 1. The number of hydrogen-bond acceptors (Lipinski definition) is 4. The van der Waals surface area contributed by atoms with Crippen LogP contribution in [0.15, 0.2) is 30.7 Å². The van der Waals surface area contributed by atoms with Gasteiger partial charge in [-0.05, 0) is 24.6 Å². The minimum absolute atomic E-state index is 0.415. The van der Waals surface area contributed by atoms with Crippen molar-refractivity contribution >= 4 is 23.3 Å². The van der Waals surface area contributed by atoms with Gasteiger partial charge in [0.1, 0.15) is 0 Å². The van der Waals surface area contributed by atoms with E-state index in [1.165, 1.54) is 7.11 Å². The molecule has 2 aromatic rings. The van der Waals surface area contributed by atoms with E-state index in [0.717, 1.165) is 18.7 Å². The van der Waals surface area contributed by atoms with Crippen LogP contribution in [0.4, 0.5) is 5.69 Å². The summed E-state index contributed by atoms with van der Waals surface area (Å²) in [6.45, 7) is 3.61. The molecule has 6 heteroatoms. The molecule has 0 spiro atoms. The number of rotatable bonds is 6. The zero-order valence-electron chi connectivity index (χ0n) is 12.1. The quantitative estimate of drug-likeness (QED) is 0.832. The molecule has 0 atom stereocenters. The van der Waals surface area contributed by atoms with Crippen LogP contribution >= 0.6 is 11.6 Å². The average Bonchev–Trinajstić information content (AvgIpc) is 2.93. The predicted octanol–water partition coefficient (Wildman–Crippen LogP) is 3.35.